The van der Waals surface area contributed by atoms with Crippen LogP contribution in [0.1, 0.15) is 241 Å². The lowest BCUT2D eigenvalue weighted by molar-refractivity contribution is -0.162. The van der Waals surface area contributed by atoms with Crippen molar-refractivity contribution in [1.29, 1.82) is 0 Å². The molecule has 13 fully saturated rings. The van der Waals surface area contributed by atoms with Crippen LogP contribution in [0, 0.1) is 87.9 Å². The molecule has 18 rings (SSSR count). The highest BCUT2D eigenvalue weighted by Gasteiger charge is 2.57. The lowest BCUT2D eigenvalue weighted by atomic mass is 9.49. The number of hydrogen-bond donors (Lipinski definition) is 0. The van der Waals surface area contributed by atoms with Crippen molar-refractivity contribution in [2.75, 3.05) is 64.6 Å². The Hall–Kier alpha value is -3.41. The molecule has 5 aliphatic heterocycles. The van der Waals surface area contributed by atoms with Gasteiger partial charge in [-0.2, -0.15) is 0 Å². The third kappa shape index (κ3) is 19.6. The maximum atomic E-state index is 13.3. The molecular weight excluding hydrogens is 1310 g/mol. The number of methoxy groups -OCH3 is 1. The summed E-state index contributed by atoms with van der Waals surface area (Å²) in [5.41, 5.74) is 8.59. The Labute approximate surface area is 616 Å². The Balaban J connectivity index is 0.000000128. The number of carbonyl (C=O) groups is 2. The van der Waals surface area contributed by atoms with E-state index in [4.69, 9.17) is 14.2 Å². The summed E-state index contributed by atoms with van der Waals surface area (Å²) in [7, 11) is 4.24. The van der Waals surface area contributed by atoms with Crippen LogP contribution in [0.2, 0.25) is 0 Å². The van der Waals surface area contributed by atoms with Gasteiger partial charge in [-0.1, -0.05) is 65.0 Å². The number of rotatable bonds is 10. The minimum Gasteiger partial charge on any atom is -0.496 e. The van der Waals surface area contributed by atoms with E-state index >= 15 is 0 Å². The Morgan fingerprint density at radius 3 is 0.848 bits per heavy atom. The summed E-state index contributed by atoms with van der Waals surface area (Å²) in [6.45, 7) is 23.7. The number of benzene rings is 5. The SMILES string of the molecule is CC.CC(C)(C)c1ccc([S+]2CCCCC2)cc1.COc1c(C)cc([S+]2CCCCC2)cc1C.Cc1cc([S+]2CCCC2)cc(C)c1OC(=O)C12CC3CC(CC(C3)C1)C2.Cc1cc([S+]2CCCCC2)cc(C)c1OC(=O)C12CC3CC(CC(C3)C1)C2.c1ccc([S+]2CCCCC2)cc1. The monoisotopic (exact) mass is 1440 g/mol. The summed E-state index contributed by atoms with van der Waals surface area (Å²) in [5.74, 6) is 21.5. The predicted molar refractivity (Wildman–Crippen MR) is 431 cm³/mol. The van der Waals surface area contributed by atoms with Crippen molar-refractivity contribution in [1.82, 2.24) is 0 Å². The fourth-order valence-corrected chi connectivity index (χ4v) is 31.9. The maximum Gasteiger partial charge on any atom is 0.317 e. The van der Waals surface area contributed by atoms with Crippen molar-refractivity contribution in [3.63, 3.8) is 0 Å². The molecule has 0 spiro atoms. The minimum atomic E-state index is -0.169. The van der Waals surface area contributed by atoms with E-state index in [9.17, 15) is 9.59 Å². The van der Waals surface area contributed by atoms with Crippen LogP contribution >= 0.6 is 0 Å². The molecule has 5 heterocycles. The van der Waals surface area contributed by atoms with Crippen LogP contribution in [0.4, 0.5) is 0 Å². The zero-order valence-electron chi connectivity index (χ0n) is 63.7. The Morgan fingerprint density at radius 2 is 0.586 bits per heavy atom. The molecule has 0 atom stereocenters. The van der Waals surface area contributed by atoms with E-state index in [-0.39, 0.29) is 28.2 Å². The van der Waals surface area contributed by atoms with E-state index < -0.39 is 0 Å². The quantitative estimate of drug-likeness (QED) is 0.0792. The van der Waals surface area contributed by atoms with Gasteiger partial charge in [-0.05, 0) is 349 Å². The van der Waals surface area contributed by atoms with Gasteiger partial charge in [0.25, 0.3) is 0 Å². The van der Waals surface area contributed by atoms with Gasteiger partial charge in [-0.25, -0.2) is 0 Å². The summed E-state index contributed by atoms with van der Waals surface area (Å²) < 4.78 is 17.7. The van der Waals surface area contributed by atoms with Gasteiger partial charge in [0.05, 0.1) is 17.9 Å². The molecule has 10 heteroatoms. The van der Waals surface area contributed by atoms with Gasteiger partial charge < -0.3 is 14.2 Å². The zero-order chi connectivity index (χ0) is 69.8. The molecule has 5 saturated heterocycles. The summed E-state index contributed by atoms with van der Waals surface area (Å²) in [6, 6.07) is 34.3. The van der Waals surface area contributed by atoms with E-state index in [1.807, 2.05) is 13.8 Å². The Morgan fingerprint density at radius 1 is 0.343 bits per heavy atom. The number of aryl methyl sites for hydroxylation is 6. The largest absolute Gasteiger partial charge is 0.496 e. The van der Waals surface area contributed by atoms with Crippen LogP contribution in [0.25, 0.3) is 0 Å². The number of hydrogen-bond acceptors (Lipinski definition) is 5. The highest BCUT2D eigenvalue weighted by atomic mass is 32.2. The van der Waals surface area contributed by atoms with Gasteiger partial charge in [0, 0.05) is 54.5 Å². The molecule has 0 radical (unpaired) electrons. The summed E-state index contributed by atoms with van der Waals surface area (Å²) in [4.78, 5) is 34.3. The van der Waals surface area contributed by atoms with Gasteiger partial charge in [0.2, 0.25) is 0 Å². The third-order valence-electron chi connectivity index (χ3n) is 24.1. The van der Waals surface area contributed by atoms with E-state index in [0.29, 0.717) is 54.5 Å². The molecule has 13 aliphatic rings. The van der Waals surface area contributed by atoms with E-state index in [2.05, 4.69) is 153 Å². The smallest absolute Gasteiger partial charge is 0.317 e. The molecule has 8 aliphatic carbocycles. The standard InChI is InChI=1S/C24H33O2S.C23H31O2S.C15H23S.C14H21OS.C11H15S.C2H6/c1-16-8-21(27-6-4-3-5-7-27)9-17(2)22(16)26-23(25)24-13-18-10-19(14-24)12-20(11-18)15-24;1-15-7-20(26-5-3-4-6-26)8-16(2)21(15)25-22(24)23-12-17-9-18(13-23)11-19(10-17)14-23;1-15(2,3)13-7-9-14(10-8-13)16-11-5-4-6-12-16;1-11-9-13(10-12(2)14(11)15-3)16-7-5-4-6-8-16;1-3-7-11(8-4-1)12-9-5-2-6-10-12;1-2/h8-9,18-20H,3-7,10-15H2,1-2H3;7-8,17-19H,3-6,9-14H2,1-2H3;7-10H,4-6,11-12H2,1-3H3;9-10H,4-8H2,1-3H3;1,3-4,7-8H,2,5-6,9-10H2;1-2H3/q5*+1;. The molecule has 5 aromatic rings. The molecule has 8 saturated carbocycles. The first-order chi connectivity index (χ1) is 47.8. The molecule has 5 nitrogen and oxygen atoms in total. The summed E-state index contributed by atoms with van der Waals surface area (Å²) >= 11 is 0. The van der Waals surface area contributed by atoms with Crippen molar-refractivity contribution >= 4 is 66.4 Å². The highest BCUT2D eigenvalue weighted by Crippen LogP contribution is 2.62. The second-order valence-corrected chi connectivity index (χ2v) is 44.4. The second-order valence-electron chi connectivity index (χ2n) is 33.1. The molecule has 0 aromatic heterocycles. The van der Waals surface area contributed by atoms with Crippen LogP contribution in [-0.4, -0.2) is 76.6 Å². The lowest BCUT2D eigenvalue weighted by Gasteiger charge is -2.55. The molecule has 540 valence electrons. The molecular formula is C89H129O5S5+5. The van der Waals surface area contributed by atoms with Gasteiger partial charge >= 0.3 is 11.9 Å². The Kier molecular flexibility index (Phi) is 27.6. The minimum absolute atomic E-state index is 0.0823. The molecule has 5 aromatic carbocycles. The van der Waals surface area contributed by atoms with Crippen LogP contribution in [0.5, 0.6) is 17.2 Å². The van der Waals surface area contributed by atoms with Gasteiger partial charge in [-0.3, -0.25) is 9.59 Å². The molecule has 0 unspecified atom stereocenters. The van der Waals surface area contributed by atoms with Crippen molar-refractivity contribution in [3.8, 4) is 17.2 Å². The van der Waals surface area contributed by atoms with Gasteiger partial charge in [0.1, 0.15) is 74.8 Å². The Bertz CT molecular complexity index is 3270. The van der Waals surface area contributed by atoms with Crippen LogP contribution in [0.15, 0.2) is 115 Å². The van der Waals surface area contributed by atoms with Crippen LogP contribution in [0.3, 0.4) is 0 Å². The average molecular weight is 1440 g/mol. The predicted octanol–water partition coefficient (Wildman–Crippen LogP) is 22.3. The highest BCUT2D eigenvalue weighted by molar-refractivity contribution is 7.98. The third-order valence-corrected chi connectivity index (χ3v) is 36.5. The normalized spacial score (nSPS) is 27.3. The first-order valence-corrected chi connectivity index (χ1v) is 47.5. The number of carbonyl (C=O) groups excluding carboxylic acids is 2. The van der Waals surface area contributed by atoms with Crippen LogP contribution in [-0.2, 0) is 69.5 Å². The van der Waals surface area contributed by atoms with Crippen LogP contribution < -0.4 is 14.2 Å². The lowest BCUT2D eigenvalue weighted by Crippen LogP contribution is -2.51. The first-order valence-electron chi connectivity index (χ1n) is 39.7. The summed E-state index contributed by atoms with van der Waals surface area (Å²) in [5, 5.41) is 0. The van der Waals surface area contributed by atoms with Crippen molar-refractivity contribution < 1.29 is 23.8 Å². The van der Waals surface area contributed by atoms with E-state index in [0.717, 1.165) is 114 Å². The van der Waals surface area contributed by atoms with Gasteiger partial charge in [0.15, 0.2) is 24.5 Å². The molecule has 0 N–H and O–H groups in total. The van der Waals surface area contributed by atoms with Crippen molar-refractivity contribution in [3.05, 3.63) is 130 Å². The first kappa shape index (κ1) is 76.7. The number of esters is 2. The number of ether oxygens (including phenoxy) is 3. The topological polar surface area (TPSA) is 61.8 Å². The maximum absolute atomic E-state index is 13.3. The fraction of sp³-hybridized carbons (Fsp3) is 0.640. The van der Waals surface area contributed by atoms with Crippen molar-refractivity contribution in [2.45, 2.75) is 273 Å². The molecule has 8 bridgehead atoms. The van der Waals surface area contributed by atoms with Gasteiger partial charge in [-0.15, -0.1) is 0 Å². The fourth-order valence-electron chi connectivity index (χ4n) is 19.9. The molecule has 99 heavy (non-hydrogen) atoms. The molecule has 0 amide bonds. The van der Waals surface area contributed by atoms with E-state index in [1.54, 1.807) is 21.8 Å². The summed E-state index contributed by atoms with van der Waals surface area (Å²) in [6.07, 6.45) is 34.4. The average Bonchev–Trinajstić information content (AvgIpc) is 0.963. The second kappa shape index (κ2) is 35.6. The van der Waals surface area contributed by atoms with E-state index in [1.165, 1.54) is 212 Å². The zero-order valence-corrected chi connectivity index (χ0v) is 67.7. The van der Waals surface area contributed by atoms with Crippen molar-refractivity contribution in [2.24, 2.45) is 46.3 Å².